The van der Waals surface area contributed by atoms with Gasteiger partial charge in [-0.25, -0.2) is 14.6 Å². The van der Waals surface area contributed by atoms with Crippen molar-refractivity contribution in [1.82, 2.24) is 30.2 Å². The summed E-state index contributed by atoms with van der Waals surface area (Å²) in [5.41, 5.74) is 2.57. The van der Waals surface area contributed by atoms with Gasteiger partial charge in [-0.05, 0) is 40.2 Å². The monoisotopic (exact) mass is 754 g/mol. The SMILES string of the molecule is CCCCc1nc(Cl)c(C(=O)OCc2oc(=O)oc2CC(C)(C)CC(CO[N+](=O)[O-])O[N+](=O)[O-])n1Cc1ccc(-c2ccccc2-c2nn[nH]n2)cc1. The summed E-state index contributed by atoms with van der Waals surface area (Å²) < 4.78 is 17.7. The van der Waals surface area contributed by atoms with Gasteiger partial charge in [0.15, 0.2) is 29.0 Å². The van der Waals surface area contributed by atoms with Gasteiger partial charge in [-0.2, -0.15) is 5.21 Å². The highest BCUT2D eigenvalue weighted by atomic mass is 35.5. The van der Waals surface area contributed by atoms with E-state index in [4.69, 9.17) is 25.2 Å². The number of benzene rings is 2. The minimum atomic E-state index is -1.31. The summed E-state index contributed by atoms with van der Waals surface area (Å²) in [7, 11) is 0. The highest BCUT2D eigenvalue weighted by Crippen LogP contribution is 2.32. The Morgan fingerprint density at radius 2 is 1.77 bits per heavy atom. The van der Waals surface area contributed by atoms with Crippen molar-refractivity contribution in [2.75, 3.05) is 6.61 Å². The molecule has 3 aromatic heterocycles. The zero-order valence-electron chi connectivity index (χ0n) is 28.9. The lowest BCUT2D eigenvalue weighted by molar-refractivity contribution is -0.790. The van der Waals surface area contributed by atoms with Gasteiger partial charge in [-0.3, -0.25) is 0 Å². The Hall–Kier alpha value is -6.11. The molecule has 0 spiro atoms. The molecule has 0 bridgehead atoms. The minimum Gasteiger partial charge on any atom is -0.453 e. The van der Waals surface area contributed by atoms with Gasteiger partial charge in [0.2, 0.25) is 5.82 Å². The van der Waals surface area contributed by atoms with Gasteiger partial charge >= 0.3 is 11.8 Å². The number of esters is 1. The summed E-state index contributed by atoms with van der Waals surface area (Å²) in [4.78, 5) is 60.6. The van der Waals surface area contributed by atoms with Crippen molar-refractivity contribution in [2.24, 2.45) is 5.41 Å². The Bertz CT molecular complexity index is 2090. The first-order valence-corrected chi connectivity index (χ1v) is 16.8. The Morgan fingerprint density at radius 1 is 1.06 bits per heavy atom. The summed E-state index contributed by atoms with van der Waals surface area (Å²) in [6.45, 7) is 4.37. The number of nitrogens with one attached hydrogen (secondary N) is 1. The Balaban J connectivity index is 1.33. The predicted molar refractivity (Wildman–Crippen MR) is 183 cm³/mol. The van der Waals surface area contributed by atoms with Crippen LogP contribution in [0.2, 0.25) is 5.15 Å². The normalized spacial score (nSPS) is 12.0. The van der Waals surface area contributed by atoms with Crippen LogP contribution in [0.25, 0.3) is 22.5 Å². The fourth-order valence-corrected chi connectivity index (χ4v) is 6.11. The van der Waals surface area contributed by atoms with Crippen molar-refractivity contribution in [2.45, 2.75) is 72.1 Å². The predicted octanol–water partition coefficient (Wildman–Crippen LogP) is 5.42. The molecular formula is C33H35ClN8O11. The van der Waals surface area contributed by atoms with E-state index >= 15 is 0 Å². The number of carbonyl (C=O) groups excluding carboxylic acids is 1. The van der Waals surface area contributed by atoms with E-state index in [0.29, 0.717) is 18.1 Å². The molecule has 280 valence electrons. The van der Waals surface area contributed by atoms with E-state index in [9.17, 15) is 29.8 Å². The van der Waals surface area contributed by atoms with Crippen LogP contribution in [0.15, 0.2) is 62.2 Å². The first-order valence-electron chi connectivity index (χ1n) is 16.4. The summed E-state index contributed by atoms with van der Waals surface area (Å²) in [5, 5.41) is 33.7. The second kappa shape index (κ2) is 16.9. The van der Waals surface area contributed by atoms with Gasteiger partial charge in [0, 0.05) is 24.9 Å². The molecule has 0 fully saturated rings. The van der Waals surface area contributed by atoms with Crippen molar-refractivity contribution in [3.8, 4) is 22.5 Å². The van der Waals surface area contributed by atoms with Crippen LogP contribution in [0.4, 0.5) is 0 Å². The maximum absolute atomic E-state index is 13.6. The number of nitrogens with zero attached hydrogens (tertiary/aromatic N) is 7. The quantitative estimate of drug-likeness (QED) is 0.0628. The molecule has 20 heteroatoms. The fourth-order valence-electron chi connectivity index (χ4n) is 5.83. The van der Waals surface area contributed by atoms with Crippen LogP contribution in [0, 0.1) is 25.6 Å². The molecule has 1 unspecified atom stereocenters. The lowest BCUT2D eigenvalue weighted by atomic mass is 9.82. The number of hydrogen-bond donors (Lipinski definition) is 1. The van der Waals surface area contributed by atoms with Crippen LogP contribution >= 0.6 is 11.6 Å². The Morgan fingerprint density at radius 3 is 2.43 bits per heavy atom. The number of halogens is 1. The zero-order chi connectivity index (χ0) is 38.1. The van der Waals surface area contributed by atoms with E-state index in [0.717, 1.165) is 35.1 Å². The standard InChI is InChI=1S/C33H35ClN8O11/c1-4-5-10-27-35-29(34)28(40(27)17-20-11-13-21(14-12-20)23-8-6-7-9-24(23)30-36-38-39-37-30)31(43)49-19-26-25(51-32(44)52-26)16-33(2,3)15-22(53-42(47)48)18-50-41(45)46/h6-9,11-14,22H,4-5,10,15-19H2,1-3H3,(H,36,37,38,39). The topological polar surface area (TPSA) is 247 Å². The van der Waals surface area contributed by atoms with Crippen molar-refractivity contribution >= 4 is 17.6 Å². The van der Waals surface area contributed by atoms with E-state index in [2.05, 4.69) is 35.3 Å². The number of imidazole rings is 1. The first-order chi connectivity index (χ1) is 25.3. The lowest BCUT2D eigenvalue weighted by Crippen LogP contribution is -2.31. The second-order valence-corrected chi connectivity index (χ2v) is 13.1. The summed E-state index contributed by atoms with van der Waals surface area (Å²) >= 11 is 6.54. The van der Waals surface area contributed by atoms with Crippen molar-refractivity contribution < 1.29 is 38.2 Å². The van der Waals surface area contributed by atoms with Crippen molar-refractivity contribution in [3.63, 3.8) is 0 Å². The number of unbranched alkanes of at least 4 members (excludes halogenated alkanes) is 1. The summed E-state index contributed by atoms with van der Waals surface area (Å²) in [5.74, 6) is -0.948. The van der Waals surface area contributed by atoms with E-state index in [1.54, 1.807) is 18.4 Å². The third-order valence-corrected chi connectivity index (χ3v) is 8.41. The van der Waals surface area contributed by atoms with Gasteiger partial charge in [-0.15, -0.1) is 30.4 Å². The van der Waals surface area contributed by atoms with E-state index in [-0.39, 0.29) is 41.8 Å². The molecule has 53 heavy (non-hydrogen) atoms. The lowest BCUT2D eigenvalue weighted by Gasteiger charge is -2.27. The maximum Gasteiger partial charge on any atom is 0.519 e. The van der Waals surface area contributed by atoms with Crippen molar-refractivity contribution in [1.29, 1.82) is 0 Å². The van der Waals surface area contributed by atoms with Gasteiger partial charge in [-0.1, -0.05) is 87.3 Å². The van der Waals surface area contributed by atoms with Crippen LogP contribution in [-0.2, 0) is 40.4 Å². The van der Waals surface area contributed by atoms with Crippen LogP contribution in [0.1, 0.15) is 73.4 Å². The highest BCUT2D eigenvalue weighted by Gasteiger charge is 2.31. The molecule has 5 rings (SSSR count). The van der Waals surface area contributed by atoms with Crippen LogP contribution in [-0.4, -0.2) is 59.0 Å². The molecule has 0 saturated carbocycles. The first kappa shape index (κ1) is 38.1. The van der Waals surface area contributed by atoms with Gasteiger partial charge < -0.3 is 27.8 Å². The molecule has 3 heterocycles. The molecule has 0 aliphatic rings. The number of carbonyl (C=O) groups is 1. The Labute approximate surface area is 305 Å². The molecule has 1 N–H and O–H groups in total. The number of aryl methyl sites for hydroxylation is 1. The van der Waals surface area contributed by atoms with Crippen molar-refractivity contribution in [3.05, 3.63) is 113 Å². The van der Waals surface area contributed by atoms with Gasteiger partial charge in [0.25, 0.3) is 10.2 Å². The minimum absolute atomic E-state index is 0.00239. The average Bonchev–Trinajstić information content (AvgIpc) is 3.84. The number of ether oxygens (including phenoxy) is 1. The fraction of sp³-hybridized carbons (Fsp3) is 0.394. The molecule has 0 aliphatic carbocycles. The van der Waals surface area contributed by atoms with Crippen LogP contribution in [0.3, 0.4) is 0 Å². The molecule has 0 radical (unpaired) electrons. The smallest absolute Gasteiger partial charge is 0.453 e. The number of aromatic amines is 1. The van der Waals surface area contributed by atoms with E-state index in [1.165, 1.54) is 0 Å². The average molecular weight is 755 g/mol. The molecule has 0 saturated heterocycles. The number of aromatic nitrogens is 6. The molecule has 2 aromatic carbocycles. The van der Waals surface area contributed by atoms with E-state index < -0.39 is 46.7 Å². The van der Waals surface area contributed by atoms with E-state index in [1.807, 2.05) is 55.5 Å². The largest absolute Gasteiger partial charge is 0.519 e. The summed E-state index contributed by atoms with van der Waals surface area (Å²) in [6.07, 6.45) is 0.744. The third kappa shape index (κ3) is 10.0. The van der Waals surface area contributed by atoms with Gasteiger partial charge in [0.1, 0.15) is 18.5 Å². The summed E-state index contributed by atoms with van der Waals surface area (Å²) in [6, 6.07) is 15.4. The molecule has 1 atom stereocenters. The molecule has 0 amide bonds. The molecule has 5 aromatic rings. The number of hydrogen-bond acceptors (Lipinski definition) is 15. The van der Waals surface area contributed by atoms with Crippen LogP contribution < -0.4 is 5.82 Å². The zero-order valence-corrected chi connectivity index (χ0v) is 29.6. The molecule has 19 nitrogen and oxygen atoms in total. The number of rotatable bonds is 19. The molecule has 0 aliphatic heterocycles. The maximum atomic E-state index is 13.6. The third-order valence-electron chi connectivity index (χ3n) is 8.15. The Kier molecular flexibility index (Phi) is 12.2. The van der Waals surface area contributed by atoms with Crippen LogP contribution in [0.5, 0.6) is 0 Å². The van der Waals surface area contributed by atoms with Gasteiger partial charge in [0.05, 0.1) is 0 Å². The molecular weight excluding hydrogens is 720 g/mol. The number of tetrazole rings is 1. The highest BCUT2D eigenvalue weighted by molar-refractivity contribution is 6.32. The number of H-pyrrole nitrogens is 1. The second-order valence-electron chi connectivity index (χ2n) is 12.7.